The normalized spacial score (nSPS) is 13.1. The van der Waals surface area contributed by atoms with E-state index in [0.717, 1.165) is 26.7 Å². The third-order valence-corrected chi connectivity index (χ3v) is 5.72. The predicted octanol–water partition coefficient (Wildman–Crippen LogP) is 6.14. The van der Waals surface area contributed by atoms with Gasteiger partial charge in [-0.05, 0) is 65.9 Å². The largest absolute Gasteiger partial charge is 0.318 e. The van der Waals surface area contributed by atoms with Gasteiger partial charge in [-0.2, -0.15) is 4.91 Å². The molecule has 0 aliphatic heterocycles. The number of nitroso groups, excluding NO2 is 1. The fourth-order valence-electron chi connectivity index (χ4n) is 3.44. The zero-order chi connectivity index (χ0) is 20.3. The van der Waals surface area contributed by atoms with E-state index in [0.29, 0.717) is 11.4 Å². The van der Waals surface area contributed by atoms with E-state index in [4.69, 9.17) is 11.6 Å². The Kier molecular flexibility index (Phi) is 6.47. The van der Waals surface area contributed by atoms with E-state index in [9.17, 15) is 9.70 Å². The van der Waals surface area contributed by atoms with Crippen molar-refractivity contribution in [1.29, 1.82) is 0 Å². The number of hydrogen-bond acceptors (Lipinski definition) is 3. The SMILES string of the molecule is Cc1cc(Cl)ccc1[C@@H](CC(N=O)c1ccc(=O)n(C)c1)c1ccc(Br)cc1. The third kappa shape index (κ3) is 4.59. The van der Waals surface area contributed by atoms with Crippen LogP contribution in [0.4, 0.5) is 0 Å². The van der Waals surface area contributed by atoms with E-state index < -0.39 is 6.04 Å². The Balaban J connectivity index is 2.04. The van der Waals surface area contributed by atoms with Crippen molar-refractivity contribution < 1.29 is 0 Å². The van der Waals surface area contributed by atoms with E-state index >= 15 is 0 Å². The standard InChI is InChI=1S/C22H20BrClN2O2/c1-14-11-18(24)8-9-19(14)20(15-3-6-17(23)7-4-15)12-21(25-28)16-5-10-22(27)26(2)13-16/h3-11,13,20-21H,12H2,1-2H3/t20-,21?/m0/s1. The van der Waals surface area contributed by atoms with Crippen molar-refractivity contribution in [2.75, 3.05) is 0 Å². The van der Waals surface area contributed by atoms with E-state index in [2.05, 4.69) is 21.1 Å². The minimum absolute atomic E-state index is 0.0368. The highest BCUT2D eigenvalue weighted by Crippen LogP contribution is 2.37. The molecule has 3 rings (SSSR count). The average molecular weight is 460 g/mol. The summed E-state index contributed by atoms with van der Waals surface area (Å²) in [6.45, 7) is 2.02. The molecule has 2 atom stereocenters. The second kappa shape index (κ2) is 8.84. The van der Waals surface area contributed by atoms with E-state index in [-0.39, 0.29) is 11.5 Å². The number of nitrogens with zero attached hydrogens (tertiary/aromatic N) is 2. The van der Waals surface area contributed by atoms with Crippen LogP contribution in [0.5, 0.6) is 0 Å². The fourth-order valence-corrected chi connectivity index (χ4v) is 3.93. The molecule has 3 aromatic rings. The summed E-state index contributed by atoms with van der Waals surface area (Å²) in [7, 11) is 1.67. The highest BCUT2D eigenvalue weighted by Gasteiger charge is 2.24. The molecule has 144 valence electrons. The topological polar surface area (TPSA) is 51.4 Å². The second-order valence-corrected chi connectivity index (χ2v) is 8.23. The quantitative estimate of drug-likeness (QED) is 0.416. The molecule has 0 saturated heterocycles. The van der Waals surface area contributed by atoms with Crippen LogP contribution in [0.3, 0.4) is 0 Å². The molecule has 0 spiro atoms. The summed E-state index contributed by atoms with van der Waals surface area (Å²) in [5, 5.41) is 4.06. The van der Waals surface area contributed by atoms with E-state index in [1.165, 1.54) is 10.6 Å². The highest BCUT2D eigenvalue weighted by atomic mass is 79.9. The van der Waals surface area contributed by atoms with Gasteiger partial charge >= 0.3 is 0 Å². The summed E-state index contributed by atoms with van der Waals surface area (Å²) in [5.41, 5.74) is 3.86. The number of halogens is 2. The van der Waals surface area contributed by atoms with Gasteiger partial charge in [0.05, 0.1) is 0 Å². The summed E-state index contributed by atoms with van der Waals surface area (Å²) < 4.78 is 2.46. The van der Waals surface area contributed by atoms with Crippen LogP contribution in [-0.2, 0) is 7.05 Å². The van der Waals surface area contributed by atoms with E-state index in [1.807, 2.05) is 49.4 Å². The van der Waals surface area contributed by atoms with Gasteiger partial charge in [-0.3, -0.25) is 4.79 Å². The summed E-state index contributed by atoms with van der Waals surface area (Å²) >= 11 is 9.61. The number of aryl methyl sites for hydroxylation is 2. The number of rotatable bonds is 6. The van der Waals surface area contributed by atoms with Crippen LogP contribution in [-0.4, -0.2) is 4.57 Å². The maximum Gasteiger partial charge on any atom is 0.250 e. The fraction of sp³-hybridized carbons (Fsp3) is 0.227. The lowest BCUT2D eigenvalue weighted by Crippen LogP contribution is -2.16. The minimum atomic E-state index is -0.574. The summed E-state index contributed by atoms with van der Waals surface area (Å²) in [4.78, 5) is 23.4. The number of aromatic nitrogens is 1. The van der Waals surface area contributed by atoms with Crippen molar-refractivity contribution in [1.82, 2.24) is 4.57 Å². The third-order valence-electron chi connectivity index (χ3n) is 4.96. The van der Waals surface area contributed by atoms with Crippen molar-refractivity contribution in [3.8, 4) is 0 Å². The van der Waals surface area contributed by atoms with Gasteiger partial charge in [0.2, 0.25) is 5.56 Å². The van der Waals surface area contributed by atoms with Crippen LogP contribution in [0.15, 0.2) is 75.2 Å². The molecule has 2 aromatic carbocycles. The number of hydrogen-bond donors (Lipinski definition) is 0. The summed E-state index contributed by atoms with van der Waals surface area (Å²) in [6.07, 6.45) is 2.17. The molecular formula is C22H20BrClN2O2. The van der Waals surface area contributed by atoms with Crippen molar-refractivity contribution in [2.45, 2.75) is 25.3 Å². The lowest BCUT2D eigenvalue weighted by atomic mass is 9.83. The first-order chi connectivity index (χ1) is 13.4. The van der Waals surface area contributed by atoms with Crippen LogP contribution in [0.2, 0.25) is 5.02 Å². The highest BCUT2D eigenvalue weighted by molar-refractivity contribution is 9.10. The van der Waals surface area contributed by atoms with Gasteiger partial charge in [0, 0.05) is 34.7 Å². The first-order valence-electron chi connectivity index (χ1n) is 8.89. The van der Waals surface area contributed by atoms with Gasteiger partial charge in [-0.15, -0.1) is 0 Å². The van der Waals surface area contributed by atoms with Crippen molar-refractivity contribution in [3.63, 3.8) is 0 Å². The maximum atomic E-state index is 11.7. The molecule has 6 heteroatoms. The summed E-state index contributed by atoms with van der Waals surface area (Å²) in [6, 6.07) is 16.5. The van der Waals surface area contributed by atoms with Gasteiger partial charge in [-0.1, -0.05) is 50.9 Å². The van der Waals surface area contributed by atoms with Gasteiger partial charge < -0.3 is 4.57 Å². The van der Waals surface area contributed by atoms with Crippen molar-refractivity contribution >= 4 is 27.5 Å². The molecule has 1 unspecified atom stereocenters. The molecule has 0 aliphatic carbocycles. The molecule has 0 N–H and O–H groups in total. The first-order valence-corrected chi connectivity index (χ1v) is 10.1. The van der Waals surface area contributed by atoms with Gasteiger partial charge in [-0.25, -0.2) is 0 Å². The Morgan fingerprint density at radius 3 is 2.36 bits per heavy atom. The van der Waals surface area contributed by atoms with Crippen LogP contribution in [0.25, 0.3) is 0 Å². The van der Waals surface area contributed by atoms with Crippen LogP contribution < -0.4 is 5.56 Å². The van der Waals surface area contributed by atoms with Gasteiger partial charge in [0.1, 0.15) is 6.04 Å². The smallest absolute Gasteiger partial charge is 0.250 e. The van der Waals surface area contributed by atoms with Crippen molar-refractivity contribution in [2.24, 2.45) is 12.2 Å². The molecule has 0 bridgehead atoms. The number of benzene rings is 2. The van der Waals surface area contributed by atoms with Crippen LogP contribution in [0, 0.1) is 11.8 Å². The Bertz CT molecular complexity index is 1050. The van der Waals surface area contributed by atoms with Gasteiger partial charge in [0.15, 0.2) is 0 Å². The predicted molar refractivity (Wildman–Crippen MR) is 117 cm³/mol. The molecule has 4 nitrogen and oxygen atoms in total. The van der Waals surface area contributed by atoms with Gasteiger partial charge in [0.25, 0.3) is 0 Å². The average Bonchev–Trinajstić information content (AvgIpc) is 2.67. The monoisotopic (exact) mass is 458 g/mol. The Labute approximate surface area is 177 Å². The number of pyridine rings is 1. The van der Waals surface area contributed by atoms with Crippen LogP contribution >= 0.6 is 27.5 Å². The maximum absolute atomic E-state index is 11.7. The second-order valence-electron chi connectivity index (χ2n) is 6.87. The summed E-state index contributed by atoms with van der Waals surface area (Å²) in [5.74, 6) is -0.0368. The van der Waals surface area contributed by atoms with Crippen LogP contribution in [0.1, 0.15) is 40.6 Å². The Hall–Kier alpha value is -2.24. The van der Waals surface area contributed by atoms with E-state index in [1.54, 1.807) is 19.3 Å². The molecule has 0 fully saturated rings. The zero-order valence-electron chi connectivity index (χ0n) is 15.6. The minimum Gasteiger partial charge on any atom is -0.318 e. The lowest BCUT2D eigenvalue weighted by molar-refractivity contribution is 0.587. The molecule has 0 radical (unpaired) electrons. The van der Waals surface area contributed by atoms with Crippen molar-refractivity contribution in [3.05, 3.63) is 108 Å². The molecule has 0 amide bonds. The molecule has 0 aliphatic rings. The Morgan fingerprint density at radius 2 is 1.75 bits per heavy atom. The first kappa shape index (κ1) is 20.5. The zero-order valence-corrected chi connectivity index (χ0v) is 17.9. The molecule has 28 heavy (non-hydrogen) atoms. The molecular weight excluding hydrogens is 440 g/mol. The lowest BCUT2D eigenvalue weighted by Gasteiger charge is -2.23. The molecule has 1 aromatic heterocycles. The Morgan fingerprint density at radius 1 is 1.07 bits per heavy atom. The molecule has 1 heterocycles. The molecule has 0 saturated carbocycles.